The second-order valence-electron chi connectivity index (χ2n) is 6.55. The molecule has 7 nitrogen and oxygen atoms in total. The van der Waals surface area contributed by atoms with Gasteiger partial charge in [-0.15, -0.1) is 0 Å². The van der Waals surface area contributed by atoms with Crippen LogP contribution in [-0.4, -0.2) is 47.3 Å². The largest absolute Gasteiger partial charge is 0.497 e. The van der Waals surface area contributed by atoms with Gasteiger partial charge in [-0.3, -0.25) is 9.48 Å². The number of nitrogens with zero attached hydrogens (tertiary/aromatic N) is 3. The minimum Gasteiger partial charge on any atom is -0.497 e. The molecule has 4 rings (SSSR count). The number of carbonyl (C=O) groups excluding carboxylic acids is 1. The van der Waals surface area contributed by atoms with Crippen molar-refractivity contribution in [3.05, 3.63) is 48.0 Å². The Balaban J connectivity index is 1.56. The number of fused-ring (bicyclic) bond motifs is 1. The Morgan fingerprint density at radius 3 is 3.12 bits per heavy atom. The molecule has 1 atom stereocenters. The minimum atomic E-state index is 0.00297. The van der Waals surface area contributed by atoms with Crippen molar-refractivity contribution in [2.45, 2.75) is 12.5 Å². The van der Waals surface area contributed by atoms with Crippen LogP contribution in [0.2, 0.25) is 0 Å². The number of rotatable bonds is 4. The second-order valence-corrected chi connectivity index (χ2v) is 6.55. The fourth-order valence-electron chi connectivity index (χ4n) is 3.50. The lowest BCUT2D eigenvalue weighted by molar-refractivity contribution is -0.133. The third-order valence-electron chi connectivity index (χ3n) is 4.88. The summed E-state index contributed by atoms with van der Waals surface area (Å²) in [7, 11) is 3.51. The molecule has 1 unspecified atom stereocenters. The van der Waals surface area contributed by atoms with Crippen LogP contribution in [0.3, 0.4) is 0 Å². The van der Waals surface area contributed by atoms with E-state index in [4.69, 9.17) is 9.15 Å². The summed E-state index contributed by atoms with van der Waals surface area (Å²) in [6, 6.07) is 5.67. The monoisotopic (exact) mass is 354 g/mol. The molecule has 1 aliphatic rings. The molecule has 1 N–H and O–H groups in total. The van der Waals surface area contributed by atoms with E-state index in [-0.39, 0.29) is 11.9 Å². The molecule has 1 aliphatic heterocycles. The molecule has 26 heavy (non-hydrogen) atoms. The number of nitrogens with one attached hydrogen (secondary N) is 1. The first-order valence-electron chi connectivity index (χ1n) is 8.68. The van der Waals surface area contributed by atoms with E-state index >= 15 is 0 Å². The number of methoxy groups -OCH3 is 1. The summed E-state index contributed by atoms with van der Waals surface area (Å²) >= 11 is 0. The fraction of sp³-hybridized carbons (Fsp3) is 0.368. The number of ether oxygens (including phenoxy) is 1. The third kappa shape index (κ3) is 3.06. The van der Waals surface area contributed by atoms with Crippen molar-refractivity contribution >= 4 is 16.9 Å². The second kappa shape index (κ2) is 6.84. The average molecular weight is 354 g/mol. The van der Waals surface area contributed by atoms with E-state index in [1.54, 1.807) is 18.1 Å². The van der Waals surface area contributed by atoms with E-state index in [9.17, 15) is 4.79 Å². The summed E-state index contributed by atoms with van der Waals surface area (Å²) in [5.41, 5.74) is 2.68. The highest BCUT2D eigenvalue weighted by molar-refractivity contribution is 5.88. The number of furan rings is 1. The molecule has 2 aromatic heterocycles. The fourth-order valence-corrected chi connectivity index (χ4v) is 3.50. The summed E-state index contributed by atoms with van der Waals surface area (Å²) in [4.78, 5) is 15.0. The van der Waals surface area contributed by atoms with E-state index in [2.05, 4.69) is 10.4 Å². The quantitative estimate of drug-likeness (QED) is 0.775. The zero-order chi connectivity index (χ0) is 18.1. The molecule has 0 aliphatic carbocycles. The molecule has 3 heterocycles. The maximum absolute atomic E-state index is 13.0. The van der Waals surface area contributed by atoms with Crippen molar-refractivity contribution in [2.24, 2.45) is 7.05 Å². The number of amides is 1. The molecule has 0 saturated carbocycles. The number of carbonyl (C=O) groups is 1. The van der Waals surface area contributed by atoms with Crippen molar-refractivity contribution in [3.8, 4) is 5.75 Å². The van der Waals surface area contributed by atoms with Crippen LogP contribution < -0.4 is 10.1 Å². The molecular formula is C19H22N4O3. The van der Waals surface area contributed by atoms with E-state index in [1.807, 2.05) is 42.5 Å². The van der Waals surface area contributed by atoms with Crippen molar-refractivity contribution in [1.82, 2.24) is 20.0 Å². The van der Waals surface area contributed by atoms with Gasteiger partial charge >= 0.3 is 0 Å². The number of hydrogen-bond donors (Lipinski definition) is 1. The van der Waals surface area contributed by atoms with Crippen LogP contribution >= 0.6 is 0 Å². The number of piperazine rings is 1. The maximum Gasteiger partial charge on any atom is 0.227 e. The summed E-state index contributed by atoms with van der Waals surface area (Å²) < 4.78 is 12.6. The molecule has 7 heteroatoms. The SMILES string of the molecule is COc1ccc2c(CC(=O)N3CCNCC3c3cnn(C)c3)coc2c1. The first-order chi connectivity index (χ1) is 12.7. The van der Waals surface area contributed by atoms with Gasteiger partial charge in [0.25, 0.3) is 0 Å². The predicted molar refractivity (Wildman–Crippen MR) is 97.0 cm³/mol. The summed E-state index contributed by atoms with van der Waals surface area (Å²) in [6.07, 6.45) is 5.79. The third-order valence-corrected chi connectivity index (χ3v) is 4.88. The zero-order valence-corrected chi connectivity index (χ0v) is 14.9. The Bertz CT molecular complexity index is 930. The number of benzene rings is 1. The lowest BCUT2D eigenvalue weighted by Crippen LogP contribution is -2.49. The van der Waals surface area contributed by atoms with Gasteiger partial charge in [-0.1, -0.05) is 0 Å². The average Bonchev–Trinajstić information content (AvgIpc) is 3.27. The van der Waals surface area contributed by atoms with Gasteiger partial charge in [0.05, 0.1) is 32.0 Å². The molecule has 0 radical (unpaired) electrons. The highest BCUT2D eigenvalue weighted by Crippen LogP contribution is 2.28. The van der Waals surface area contributed by atoms with Gasteiger partial charge in [-0.05, 0) is 12.1 Å². The van der Waals surface area contributed by atoms with Crippen LogP contribution in [0.1, 0.15) is 17.2 Å². The van der Waals surface area contributed by atoms with Gasteiger partial charge in [0, 0.05) is 55.5 Å². The Morgan fingerprint density at radius 2 is 2.35 bits per heavy atom. The van der Waals surface area contributed by atoms with E-state index in [1.165, 1.54) is 0 Å². The molecular weight excluding hydrogens is 332 g/mol. The van der Waals surface area contributed by atoms with Gasteiger partial charge < -0.3 is 19.4 Å². The summed E-state index contributed by atoms with van der Waals surface area (Å²) in [5, 5.41) is 8.56. The molecule has 1 aromatic carbocycles. The smallest absolute Gasteiger partial charge is 0.227 e. The Morgan fingerprint density at radius 1 is 1.46 bits per heavy atom. The van der Waals surface area contributed by atoms with Crippen LogP contribution in [0, 0.1) is 0 Å². The van der Waals surface area contributed by atoms with Gasteiger partial charge in [-0.2, -0.15) is 5.10 Å². The first-order valence-corrected chi connectivity index (χ1v) is 8.68. The molecule has 3 aromatic rings. The standard InChI is InChI=1S/C19H22N4O3/c1-22-11-14(9-21-22)17-10-20-5-6-23(17)19(24)7-13-12-26-18-8-15(25-2)3-4-16(13)18/h3-4,8-9,11-12,17,20H,5-7,10H2,1-2H3. The molecule has 0 bridgehead atoms. The lowest BCUT2D eigenvalue weighted by Gasteiger charge is -2.35. The van der Waals surface area contributed by atoms with Gasteiger partial charge in [-0.25, -0.2) is 0 Å². The summed E-state index contributed by atoms with van der Waals surface area (Å²) in [6.45, 7) is 2.22. The van der Waals surface area contributed by atoms with E-state index < -0.39 is 0 Å². The first kappa shape index (κ1) is 16.7. The summed E-state index contributed by atoms with van der Waals surface area (Å²) in [5.74, 6) is 0.836. The van der Waals surface area contributed by atoms with Crippen molar-refractivity contribution < 1.29 is 13.9 Å². The molecule has 1 amide bonds. The normalized spacial score (nSPS) is 17.6. The molecule has 1 fully saturated rings. The predicted octanol–water partition coefficient (Wildman–Crippen LogP) is 1.89. The highest BCUT2D eigenvalue weighted by atomic mass is 16.5. The topological polar surface area (TPSA) is 72.5 Å². The van der Waals surface area contributed by atoms with Crippen molar-refractivity contribution in [1.29, 1.82) is 0 Å². The number of hydrogen-bond acceptors (Lipinski definition) is 5. The zero-order valence-electron chi connectivity index (χ0n) is 14.9. The van der Waals surface area contributed by atoms with Crippen molar-refractivity contribution in [3.63, 3.8) is 0 Å². The maximum atomic E-state index is 13.0. The van der Waals surface area contributed by atoms with Gasteiger partial charge in [0.1, 0.15) is 11.3 Å². The van der Waals surface area contributed by atoms with E-state index in [0.717, 1.165) is 40.9 Å². The molecule has 0 spiro atoms. The Hall–Kier alpha value is -2.80. The Kier molecular flexibility index (Phi) is 4.38. The lowest BCUT2D eigenvalue weighted by atomic mass is 10.0. The van der Waals surface area contributed by atoms with Crippen LogP contribution in [0.5, 0.6) is 5.75 Å². The van der Waals surface area contributed by atoms with Crippen LogP contribution in [0.25, 0.3) is 11.0 Å². The van der Waals surface area contributed by atoms with Crippen LogP contribution in [-0.2, 0) is 18.3 Å². The highest BCUT2D eigenvalue weighted by Gasteiger charge is 2.29. The van der Waals surface area contributed by atoms with Gasteiger partial charge in [0.15, 0.2) is 0 Å². The van der Waals surface area contributed by atoms with Crippen LogP contribution in [0.15, 0.2) is 41.3 Å². The number of aryl methyl sites for hydroxylation is 1. The number of aromatic nitrogens is 2. The van der Waals surface area contributed by atoms with Crippen LogP contribution in [0.4, 0.5) is 0 Å². The molecule has 1 saturated heterocycles. The van der Waals surface area contributed by atoms with Gasteiger partial charge in [0.2, 0.25) is 5.91 Å². The van der Waals surface area contributed by atoms with Crippen molar-refractivity contribution in [2.75, 3.05) is 26.7 Å². The Labute approximate surface area is 151 Å². The molecule has 136 valence electrons. The minimum absolute atomic E-state index is 0.00297. The van der Waals surface area contributed by atoms with E-state index in [0.29, 0.717) is 13.0 Å².